The van der Waals surface area contributed by atoms with E-state index in [1.54, 1.807) is 6.07 Å². The van der Waals surface area contributed by atoms with Gasteiger partial charge in [-0.1, -0.05) is 19.9 Å². The summed E-state index contributed by atoms with van der Waals surface area (Å²) >= 11 is 0. The molecule has 0 aliphatic heterocycles. The van der Waals surface area contributed by atoms with E-state index in [-0.39, 0.29) is 6.04 Å². The number of nitrogens with two attached hydrogens (primary N) is 1. The lowest BCUT2D eigenvalue weighted by atomic mass is 10.1. The first-order valence-corrected chi connectivity index (χ1v) is 7.37. The van der Waals surface area contributed by atoms with E-state index in [9.17, 15) is 8.78 Å². The fourth-order valence-corrected chi connectivity index (χ4v) is 2.24. The molecular formula is C16H27F2N3. The third-order valence-electron chi connectivity index (χ3n) is 3.31. The van der Waals surface area contributed by atoms with E-state index < -0.39 is 11.6 Å². The number of hydrogen-bond acceptors (Lipinski definition) is 3. The number of halogens is 2. The number of nitrogens with zero attached hydrogens (tertiary/aromatic N) is 2. The molecule has 0 aromatic heterocycles. The van der Waals surface area contributed by atoms with Gasteiger partial charge in [0.25, 0.3) is 0 Å². The third-order valence-corrected chi connectivity index (χ3v) is 3.31. The lowest BCUT2D eigenvalue weighted by Crippen LogP contribution is -2.39. The Hall–Kier alpha value is -1.04. The minimum absolute atomic E-state index is 0.319. The van der Waals surface area contributed by atoms with Crippen LogP contribution in [0.2, 0.25) is 0 Å². The number of benzene rings is 1. The van der Waals surface area contributed by atoms with Crippen LogP contribution in [0.3, 0.4) is 0 Å². The lowest BCUT2D eigenvalue weighted by molar-refractivity contribution is 0.208. The maximum Gasteiger partial charge on any atom is 0.159 e. The van der Waals surface area contributed by atoms with E-state index >= 15 is 0 Å². The summed E-state index contributed by atoms with van der Waals surface area (Å²) in [6.45, 7) is 7.74. The van der Waals surface area contributed by atoms with Crippen molar-refractivity contribution < 1.29 is 8.78 Å². The van der Waals surface area contributed by atoms with Gasteiger partial charge in [0.2, 0.25) is 0 Å². The first-order chi connectivity index (χ1) is 9.79. The molecule has 1 aromatic carbocycles. The van der Waals surface area contributed by atoms with Crippen molar-refractivity contribution >= 4 is 0 Å². The molecule has 0 spiro atoms. The van der Waals surface area contributed by atoms with Crippen LogP contribution in [0.1, 0.15) is 25.5 Å². The van der Waals surface area contributed by atoms with E-state index in [1.807, 2.05) is 14.1 Å². The van der Waals surface area contributed by atoms with Crippen LogP contribution < -0.4 is 5.73 Å². The predicted molar refractivity (Wildman–Crippen MR) is 83.1 cm³/mol. The average molecular weight is 299 g/mol. The molecule has 0 saturated heterocycles. The van der Waals surface area contributed by atoms with E-state index in [0.717, 1.165) is 25.7 Å². The molecule has 120 valence electrons. The van der Waals surface area contributed by atoms with Crippen LogP contribution in [-0.2, 0) is 0 Å². The van der Waals surface area contributed by atoms with Crippen LogP contribution in [0.5, 0.6) is 0 Å². The van der Waals surface area contributed by atoms with Crippen molar-refractivity contribution in [1.82, 2.24) is 9.80 Å². The van der Waals surface area contributed by atoms with Gasteiger partial charge in [-0.2, -0.15) is 0 Å². The highest BCUT2D eigenvalue weighted by atomic mass is 19.2. The van der Waals surface area contributed by atoms with Crippen molar-refractivity contribution in [3.8, 4) is 0 Å². The second-order valence-electron chi connectivity index (χ2n) is 6.24. The molecule has 0 amide bonds. The molecule has 1 unspecified atom stereocenters. The van der Waals surface area contributed by atoms with Crippen LogP contribution in [0.15, 0.2) is 18.2 Å². The Kier molecular flexibility index (Phi) is 7.22. The maximum atomic E-state index is 13.3. The monoisotopic (exact) mass is 299 g/mol. The fourth-order valence-electron chi connectivity index (χ4n) is 2.24. The lowest BCUT2D eigenvalue weighted by Gasteiger charge is -2.28. The highest BCUT2D eigenvalue weighted by molar-refractivity contribution is 5.21. The Bertz CT molecular complexity index is 436. The van der Waals surface area contributed by atoms with E-state index in [2.05, 4.69) is 23.6 Å². The Balaban J connectivity index is 2.69. The molecule has 5 heteroatoms. The summed E-state index contributed by atoms with van der Waals surface area (Å²) < 4.78 is 26.3. The van der Waals surface area contributed by atoms with Gasteiger partial charge in [-0.15, -0.1) is 0 Å². The van der Waals surface area contributed by atoms with E-state index in [0.29, 0.717) is 18.0 Å². The second kappa shape index (κ2) is 8.41. The Morgan fingerprint density at radius 2 is 1.71 bits per heavy atom. The molecule has 0 aliphatic carbocycles. The molecule has 2 N–H and O–H groups in total. The summed E-state index contributed by atoms with van der Waals surface area (Å²) in [7, 11) is 4.06. The molecule has 1 atom stereocenters. The molecule has 21 heavy (non-hydrogen) atoms. The summed E-state index contributed by atoms with van der Waals surface area (Å²) in [4.78, 5) is 4.40. The molecular weight excluding hydrogens is 272 g/mol. The van der Waals surface area contributed by atoms with Crippen molar-refractivity contribution in [3.63, 3.8) is 0 Å². The van der Waals surface area contributed by atoms with Gasteiger partial charge < -0.3 is 10.6 Å². The number of hydrogen-bond donors (Lipinski definition) is 1. The second-order valence-corrected chi connectivity index (χ2v) is 6.24. The van der Waals surface area contributed by atoms with Crippen molar-refractivity contribution in [2.75, 3.05) is 40.3 Å². The van der Waals surface area contributed by atoms with Crippen molar-refractivity contribution in [3.05, 3.63) is 35.4 Å². The maximum absolute atomic E-state index is 13.3. The summed E-state index contributed by atoms with van der Waals surface area (Å²) in [5, 5.41) is 0. The molecule has 1 rings (SSSR count). The zero-order chi connectivity index (χ0) is 16.0. The molecule has 0 radical (unpaired) electrons. The fraction of sp³-hybridized carbons (Fsp3) is 0.625. The van der Waals surface area contributed by atoms with E-state index in [4.69, 9.17) is 5.73 Å². The highest BCUT2D eigenvalue weighted by Crippen LogP contribution is 2.16. The van der Waals surface area contributed by atoms with Crippen molar-refractivity contribution in [2.24, 2.45) is 11.7 Å². The standard InChI is InChI=1S/C16H27F2N3/c1-12(2)10-21(8-7-20(3)4)11-16(19)13-5-6-14(17)15(18)9-13/h5-6,9,12,16H,7-8,10-11,19H2,1-4H3. The predicted octanol–water partition coefficient (Wildman–Crippen LogP) is 2.48. The summed E-state index contributed by atoms with van der Waals surface area (Å²) in [5.41, 5.74) is 6.78. The normalized spacial score (nSPS) is 13.4. The Morgan fingerprint density at radius 3 is 2.24 bits per heavy atom. The van der Waals surface area contributed by atoms with Gasteiger partial charge in [-0.25, -0.2) is 8.78 Å². The largest absolute Gasteiger partial charge is 0.323 e. The SMILES string of the molecule is CC(C)CN(CCN(C)C)CC(N)c1ccc(F)c(F)c1. The quantitative estimate of drug-likeness (QED) is 0.800. The smallest absolute Gasteiger partial charge is 0.159 e. The van der Waals surface area contributed by atoms with Gasteiger partial charge in [0, 0.05) is 32.2 Å². The number of rotatable bonds is 8. The molecule has 0 saturated carbocycles. The summed E-state index contributed by atoms with van der Waals surface area (Å²) in [6.07, 6.45) is 0. The van der Waals surface area contributed by atoms with Crippen LogP contribution in [0.4, 0.5) is 8.78 Å². The molecule has 0 aliphatic rings. The van der Waals surface area contributed by atoms with Crippen LogP contribution in [0.25, 0.3) is 0 Å². The molecule has 0 bridgehead atoms. The van der Waals surface area contributed by atoms with Gasteiger partial charge in [-0.3, -0.25) is 4.90 Å². The van der Waals surface area contributed by atoms with E-state index in [1.165, 1.54) is 6.07 Å². The minimum atomic E-state index is -0.841. The average Bonchev–Trinajstić information content (AvgIpc) is 2.38. The summed E-state index contributed by atoms with van der Waals surface area (Å²) in [6, 6.07) is 3.57. The molecule has 3 nitrogen and oxygen atoms in total. The zero-order valence-electron chi connectivity index (χ0n) is 13.4. The van der Waals surface area contributed by atoms with Gasteiger partial charge in [0.05, 0.1) is 0 Å². The van der Waals surface area contributed by atoms with Crippen molar-refractivity contribution in [2.45, 2.75) is 19.9 Å². The first-order valence-electron chi connectivity index (χ1n) is 7.37. The van der Waals surface area contributed by atoms with Crippen molar-refractivity contribution in [1.29, 1.82) is 0 Å². The molecule has 1 aromatic rings. The minimum Gasteiger partial charge on any atom is -0.323 e. The molecule has 0 fully saturated rings. The first kappa shape index (κ1) is 18.0. The zero-order valence-corrected chi connectivity index (χ0v) is 13.4. The van der Waals surface area contributed by atoms with Crippen LogP contribution in [-0.4, -0.2) is 50.1 Å². The third kappa shape index (κ3) is 6.50. The molecule has 0 heterocycles. The highest BCUT2D eigenvalue weighted by Gasteiger charge is 2.15. The Labute approximate surface area is 126 Å². The number of likely N-dealkylation sites (N-methyl/N-ethyl adjacent to an activating group) is 1. The van der Waals surface area contributed by atoms with Gasteiger partial charge in [0.1, 0.15) is 0 Å². The van der Waals surface area contributed by atoms with Crippen LogP contribution in [0, 0.1) is 17.6 Å². The van der Waals surface area contributed by atoms with Gasteiger partial charge in [0.15, 0.2) is 11.6 Å². The van der Waals surface area contributed by atoms with Gasteiger partial charge >= 0.3 is 0 Å². The topological polar surface area (TPSA) is 32.5 Å². The van der Waals surface area contributed by atoms with Gasteiger partial charge in [-0.05, 0) is 37.7 Å². The Morgan fingerprint density at radius 1 is 1.05 bits per heavy atom. The van der Waals surface area contributed by atoms with Crippen LogP contribution >= 0.6 is 0 Å². The summed E-state index contributed by atoms with van der Waals surface area (Å²) in [5.74, 6) is -1.14.